The average molecular weight is 233 g/mol. The first-order valence-electron chi connectivity index (χ1n) is 4.71. The highest BCUT2D eigenvalue weighted by atomic mass is 31.2. The van der Waals surface area contributed by atoms with E-state index in [0.717, 1.165) is 6.42 Å². The molecule has 1 N–H and O–H groups in total. The molecule has 1 unspecified atom stereocenters. The van der Waals surface area contributed by atoms with E-state index >= 15 is 0 Å². The first-order valence-corrected chi connectivity index (χ1v) is 6.26. The Kier molecular flexibility index (Phi) is 4.08. The van der Waals surface area contributed by atoms with Gasteiger partial charge in [0, 0.05) is 32.5 Å². The van der Waals surface area contributed by atoms with Crippen molar-refractivity contribution in [3.05, 3.63) is 11.4 Å². The molecule has 5 nitrogen and oxygen atoms in total. The molecule has 0 spiro atoms. The van der Waals surface area contributed by atoms with E-state index in [-0.39, 0.29) is 11.9 Å². The van der Waals surface area contributed by atoms with Gasteiger partial charge in [0.05, 0.1) is 0 Å². The van der Waals surface area contributed by atoms with Crippen LogP contribution in [0, 0.1) is 0 Å². The van der Waals surface area contributed by atoms with E-state index in [1.165, 1.54) is 21.1 Å². The summed E-state index contributed by atoms with van der Waals surface area (Å²) in [6, 6.07) is -0.0591. The van der Waals surface area contributed by atoms with Crippen molar-refractivity contribution < 1.29 is 18.4 Å². The van der Waals surface area contributed by atoms with Crippen LogP contribution in [-0.2, 0) is 18.4 Å². The third-order valence-electron chi connectivity index (χ3n) is 2.33. The topological polar surface area (TPSA) is 64.6 Å². The monoisotopic (exact) mass is 233 g/mol. The predicted octanol–water partition coefficient (Wildman–Crippen LogP) is 1.65. The van der Waals surface area contributed by atoms with E-state index in [0.29, 0.717) is 11.7 Å². The zero-order valence-electron chi connectivity index (χ0n) is 9.15. The lowest BCUT2D eigenvalue weighted by molar-refractivity contribution is -0.119. The molecule has 1 aliphatic carbocycles. The smallest absolute Gasteiger partial charge is 0.350 e. The molecule has 15 heavy (non-hydrogen) atoms. The summed E-state index contributed by atoms with van der Waals surface area (Å²) in [7, 11) is -0.384. The number of carbonyl (C=O) groups is 1. The Hall–Kier alpha value is -0.640. The molecule has 0 saturated heterocycles. The lowest BCUT2D eigenvalue weighted by Gasteiger charge is -2.13. The van der Waals surface area contributed by atoms with Gasteiger partial charge in [-0.3, -0.25) is 9.36 Å². The Morgan fingerprint density at radius 2 is 2.13 bits per heavy atom. The minimum atomic E-state index is -3.10. The fraction of sp³-hybridized carbons (Fsp3) is 0.667. The van der Waals surface area contributed by atoms with Crippen molar-refractivity contribution in [2.24, 2.45) is 0 Å². The van der Waals surface area contributed by atoms with Crippen LogP contribution in [0.5, 0.6) is 0 Å². The summed E-state index contributed by atoms with van der Waals surface area (Å²) < 4.78 is 21.7. The highest BCUT2D eigenvalue weighted by molar-refractivity contribution is 7.58. The lowest BCUT2D eigenvalue weighted by atomic mass is 10.2. The van der Waals surface area contributed by atoms with Crippen molar-refractivity contribution in [3.8, 4) is 0 Å². The maximum Gasteiger partial charge on any atom is 0.356 e. The third kappa shape index (κ3) is 2.91. The van der Waals surface area contributed by atoms with Gasteiger partial charge in [-0.05, 0) is 12.8 Å². The van der Waals surface area contributed by atoms with E-state index in [1.54, 1.807) is 6.08 Å². The van der Waals surface area contributed by atoms with Gasteiger partial charge in [0.1, 0.15) is 0 Å². The Balaban J connectivity index is 2.73. The summed E-state index contributed by atoms with van der Waals surface area (Å²) in [6.07, 6.45) is 3.13. The quantitative estimate of drug-likeness (QED) is 0.750. The molecule has 0 aromatic carbocycles. The fourth-order valence-electron chi connectivity index (χ4n) is 1.61. The SMILES string of the molecule is COP(=O)(OC)C1=CC(NC(C)=O)CC1. The Morgan fingerprint density at radius 3 is 2.60 bits per heavy atom. The lowest BCUT2D eigenvalue weighted by Crippen LogP contribution is -2.29. The second-order valence-electron chi connectivity index (χ2n) is 3.37. The molecule has 86 valence electrons. The molecule has 0 fully saturated rings. The van der Waals surface area contributed by atoms with Crippen LogP contribution in [0.4, 0.5) is 0 Å². The van der Waals surface area contributed by atoms with Crippen LogP contribution in [0.25, 0.3) is 0 Å². The molecule has 1 atom stereocenters. The molecular formula is C9H16NO4P. The third-order valence-corrected chi connectivity index (χ3v) is 4.36. The highest BCUT2D eigenvalue weighted by Crippen LogP contribution is 2.58. The van der Waals surface area contributed by atoms with Crippen LogP contribution in [0.1, 0.15) is 19.8 Å². The number of nitrogens with one attached hydrogen (secondary N) is 1. The molecule has 1 amide bonds. The van der Waals surface area contributed by atoms with E-state index in [4.69, 9.17) is 9.05 Å². The zero-order chi connectivity index (χ0) is 11.5. The summed E-state index contributed by atoms with van der Waals surface area (Å²) in [4.78, 5) is 10.8. The van der Waals surface area contributed by atoms with Gasteiger partial charge >= 0.3 is 7.60 Å². The molecule has 0 heterocycles. The molecule has 0 bridgehead atoms. The number of carbonyl (C=O) groups excluding carboxylic acids is 1. The Bertz CT molecular complexity index is 318. The van der Waals surface area contributed by atoms with Crippen LogP contribution in [0.15, 0.2) is 11.4 Å². The molecule has 0 radical (unpaired) electrons. The summed E-state index contributed by atoms with van der Waals surface area (Å²) in [5.41, 5.74) is 0. The Labute approximate surface area is 89.4 Å². The molecule has 0 saturated carbocycles. The van der Waals surface area contributed by atoms with Gasteiger partial charge in [-0.2, -0.15) is 0 Å². The Morgan fingerprint density at radius 1 is 1.53 bits per heavy atom. The van der Waals surface area contributed by atoms with Gasteiger partial charge in [0.2, 0.25) is 5.91 Å². The molecule has 1 rings (SSSR count). The zero-order valence-corrected chi connectivity index (χ0v) is 10.0. The predicted molar refractivity (Wildman–Crippen MR) is 56.5 cm³/mol. The molecule has 1 aliphatic rings. The largest absolute Gasteiger partial charge is 0.356 e. The van der Waals surface area contributed by atoms with Crippen molar-refractivity contribution in [3.63, 3.8) is 0 Å². The van der Waals surface area contributed by atoms with Crippen LogP contribution in [-0.4, -0.2) is 26.2 Å². The van der Waals surface area contributed by atoms with Gasteiger partial charge in [0.15, 0.2) is 0 Å². The van der Waals surface area contributed by atoms with Gasteiger partial charge in [0.25, 0.3) is 0 Å². The van der Waals surface area contributed by atoms with Gasteiger partial charge in [-0.1, -0.05) is 6.08 Å². The van der Waals surface area contributed by atoms with E-state index in [2.05, 4.69) is 5.32 Å². The van der Waals surface area contributed by atoms with Gasteiger partial charge in [-0.25, -0.2) is 0 Å². The van der Waals surface area contributed by atoms with Crippen LogP contribution < -0.4 is 5.32 Å². The number of hydrogen-bond acceptors (Lipinski definition) is 4. The van der Waals surface area contributed by atoms with Gasteiger partial charge < -0.3 is 14.4 Å². The molecule has 6 heteroatoms. The fourth-order valence-corrected chi connectivity index (χ4v) is 3.00. The maximum absolute atomic E-state index is 12.0. The normalized spacial score (nSPS) is 21.3. The molecule has 0 aromatic rings. The second kappa shape index (κ2) is 4.92. The van der Waals surface area contributed by atoms with Crippen molar-refractivity contribution in [2.45, 2.75) is 25.8 Å². The van der Waals surface area contributed by atoms with Gasteiger partial charge in [-0.15, -0.1) is 0 Å². The second-order valence-corrected chi connectivity index (χ2v) is 5.67. The summed E-state index contributed by atoms with van der Waals surface area (Å²) in [5, 5.41) is 3.39. The summed E-state index contributed by atoms with van der Waals surface area (Å²) in [5.74, 6) is -0.0952. The van der Waals surface area contributed by atoms with Crippen LogP contribution in [0.2, 0.25) is 0 Å². The van der Waals surface area contributed by atoms with Crippen molar-refractivity contribution >= 4 is 13.5 Å². The number of allylic oxidation sites excluding steroid dienone is 1. The number of hydrogen-bond donors (Lipinski definition) is 1. The van der Waals surface area contributed by atoms with E-state index < -0.39 is 7.60 Å². The molecular weight excluding hydrogens is 217 g/mol. The first kappa shape index (κ1) is 12.4. The summed E-state index contributed by atoms with van der Waals surface area (Å²) in [6.45, 7) is 1.46. The minimum absolute atomic E-state index is 0.0591. The van der Waals surface area contributed by atoms with Crippen molar-refractivity contribution in [1.29, 1.82) is 0 Å². The van der Waals surface area contributed by atoms with Crippen molar-refractivity contribution in [1.82, 2.24) is 5.32 Å². The maximum atomic E-state index is 12.0. The standard InChI is InChI=1S/C9H16NO4P/c1-7(11)10-8-4-5-9(6-8)15(12,13-2)14-3/h6,8H,4-5H2,1-3H3,(H,10,11). The van der Waals surface area contributed by atoms with Crippen LogP contribution >= 0.6 is 7.60 Å². The molecule has 0 aliphatic heterocycles. The average Bonchev–Trinajstić information content (AvgIpc) is 2.64. The van der Waals surface area contributed by atoms with E-state index in [1.807, 2.05) is 0 Å². The van der Waals surface area contributed by atoms with Crippen LogP contribution in [0.3, 0.4) is 0 Å². The minimum Gasteiger partial charge on any atom is -0.350 e. The molecule has 0 aromatic heterocycles. The number of amides is 1. The summed E-state index contributed by atoms with van der Waals surface area (Å²) >= 11 is 0. The first-order chi connectivity index (χ1) is 7.01. The van der Waals surface area contributed by atoms with E-state index in [9.17, 15) is 9.36 Å². The highest BCUT2D eigenvalue weighted by Gasteiger charge is 2.32. The van der Waals surface area contributed by atoms with Crippen molar-refractivity contribution in [2.75, 3.05) is 14.2 Å². The number of rotatable bonds is 4.